The number of carbonyl (C=O) groups excluding carboxylic acids is 1. The molecule has 7 nitrogen and oxygen atoms in total. The van der Waals surface area contributed by atoms with Crippen LogP contribution in [-0.2, 0) is 0 Å². The number of hydrogen-bond acceptors (Lipinski definition) is 5. The summed E-state index contributed by atoms with van der Waals surface area (Å²) in [5, 5.41) is 13.7. The minimum Gasteiger partial charge on any atom is -0.490 e. The fraction of sp³-hybridized carbons (Fsp3) is 0.316. The number of rotatable bonds is 8. The topological polar surface area (TPSA) is 90.7 Å². The number of halogens is 1. The summed E-state index contributed by atoms with van der Waals surface area (Å²) in [6.45, 7) is 6.69. The lowest BCUT2D eigenvalue weighted by Crippen LogP contribution is -2.27. The summed E-state index contributed by atoms with van der Waals surface area (Å²) in [7, 11) is 0. The van der Waals surface area contributed by atoms with Gasteiger partial charge in [-0.15, -0.1) is 0 Å². The zero-order chi connectivity index (χ0) is 20.0. The molecule has 1 unspecified atom stereocenters. The number of non-ortho nitro benzene ring substituents is 1. The van der Waals surface area contributed by atoms with Gasteiger partial charge in [-0.25, -0.2) is 0 Å². The molecule has 2 aromatic carbocycles. The van der Waals surface area contributed by atoms with Crippen molar-refractivity contribution in [1.82, 2.24) is 5.32 Å². The van der Waals surface area contributed by atoms with Crippen LogP contribution in [0.15, 0.2) is 36.4 Å². The Kier molecular flexibility index (Phi) is 7.40. The molecule has 0 radical (unpaired) electrons. The molecule has 0 fully saturated rings. The Morgan fingerprint density at radius 1 is 1.15 bits per heavy atom. The Hall–Kier alpha value is -2.36. The van der Waals surface area contributed by atoms with Gasteiger partial charge in [-0.3, -0.25) is 14.9 Å². The maximum atomic E-state index is 12.6. The summed E-state index contributed by atoms with van der Waals surface area (Å²) in [6.07, 6.45) is 0. The summed E-state index contributed by atoms with van der Waals surface area (Å²) in [5.41, 5.74) is 1.22. The average molecular weight is 484 g/mol. The van der Waals surface area contributed by atoms with Crippen molar-refractivity contribution in [1.29, 1.82) is 0 Å². The number of nitrogens with zero attached hydrogens (tertiary/aromatic N) is 1. The van der Waals surface area contributed by atoms with Crippen LogP contribution in [0.3, 0.4) is 0 Å². The van der Waals surface area contributed by atoms with Gasteiger partial charge >= 0.3 is 0 Å². The molecule has 1 atom stereocenters. The second kappa shape index (κ2) is 9.54. The highest BCUT2D eigenvalue weighted by Gasteiger charge is 2.18. The van der Waals surface area contributed by atoms with Crippen molar-refractivity contribution >= 4 is 34.2 Å². The zero-order valence-electron chi connectivity index (χ0n) is 15.3. The standard InChI is InChI=1S/C19H21IN2O5/c1-4-26-17-9-6-13(10-18(17)27-5-2)12(3)21-19(23)15-8-7-14(22(24)25)11-16(15)20/h6-12H,4-5H2,1-3H3,(H,21,23). The number of nitro benzene ring substituents is 1. The second-order valence-corrected chi connectivity index (χ2v) is 6.85. The highest BCUT2D eigenvalue weighted by molar-refractivity contribution is 14.1. The smallest absolute Gasteiger partial charge is 0.270 e. The van der Waals surface area contributed by atoms with E-state index in [1.54, 1.807) is 0 Å². The average Bonchev–Trinajstić information content (AvgIpc) is 2.63. The van der Waals surface area contributed by atoms with Crippen molar-refractivity contribution in [3.05, 3.63) is 61.2 Å². The minimum absolute atomic E-state index is 0.0446. The summed E-state index contributed by atoms with van der Waals surface area (Å²) in [5.74, 6) is 0.989. The number of benzene rings is 2. The monoisotopic (exact) mass is 484 g/mol. The zero-order valence-corrected chi connectivity index (χ0v) is 17.5. The SMILES string of the molecule is CCOc1ccc(C(C)NC(=O)c2ccc([N+](=O)[O-])cc2I)cc1OCC. The molecule has 27 heavy (non-hydrogen) atoms. The predicted molar refractivity (Wildman–Crippen MR) is 110 cm³/mol. The normalized spacial score (nSPS) is 11.6. The summed E-state index contributed by atoms with van der Waals surface area (Å²) < 4.78 is 11.7. The van der Waals surface area contributed by atoms with Crippen LogP contribution in [0.2, 0.25) is 0 Å². The Labute approximate surface area is 171 Å². The molecule has 2 rings (SSSR count). The van der Waals surface area contributed by atoms with Gasteiger partial charge in [-0.05, 0) is 67.1 Å². The molecule has 8 heteroatoms. The van der Waals surface area contributed by atoms with Crippen LogP contribution in [-0.4, -0.2) is 24.0 Å². The number of ether oxygens (including phenoxy) is 2. The molecule has 0 aliphatic carbocycles. The third-order valence-corrected chi connectivity index (χ3v) is 4.72. The van der Waals surface area contributed by atoms with Gasteiger partial charge in [0.2, 0.25) is 0 Å². The van der Waals surface area contributed by atoms with Crippen LogP contribution in [0.4, 0.5) is 5.69 Å². The number of nitrogens with one attached hydrogen (secondary N) is 1. The van der Waals surface area contributed by atoms with E-state index in [4.69, 9.17) is 9.47 Å². The van der Waals surface area contributed by atoms with Crippen molar-refractivity contribution < 1.29 is 19.2 Å². The van der Waals surface area contributed by atoms with Gasteiger partial charge in [0.25, 0.3) is 11.6 Å². The third-order valence-electron chi connectivity index (χ3n) is 3.82. The van der Waals surface area contributed by atoms with E-state index in [1.807, 2.05) is 61.6 Å². The molecule has 0 saturated heterocycles. The van der Waals surface area contributed by atoms with Crippen molar-refractivity contribution in [3.63, 3.8) is 0 Å². The largest absolute Gasteiger partial charge is 0.490 e. The molecule has 0 bridgehead atoms. The summed E-state index contributed by atoms with van der Waals surface area (Å²) >= 11 is 1.92. The first kappa shape index (κ1) is 20.9. The molecular weight excluding hydrogens is 463 g/mol. The van der Waals surface area contributed by atoms with E-state index < -0.39 is 4.92 Å². The van der Waals surface area contributed by atoms with E-state index in [9.17, 15) is 14.9 Å². The lowest BCUT2D eigenvalue weighted by Gasteiger charge is -2.18. The Morgan fingerprint density at radius 2 is 1.81 bits per heavy atom. The van der Waals surface area contributed by atoms with Gasteiger partial charge in [-0.1, -0.05) is 6.07 Å². The van der Waals surface area contributed by atoms with E-state index >= 15 is 0 Å². The molecule has 1 amide bonds. The third kappa shape index (κ3) is 5.31. The first-order chi connectivity index (χ1) is 12.9. The molecule has 2 aromatic rings. The van der Waals surface area contributed by atoms with Crippen LogP contribution < -0.4 is 14.8 Å². The first-order valence-corrected chi connectivity index (χ1v) is 9.59. The first-order valence-electron chi connectivity index (χ1n) is 8.51. The summed E-state index contributed by atoms with van der Waals surface area (Å²) in [4.78, 5) is 22.9. The maximum Gasteiger partial charge on any atom is 0.270 e. The van der Waals surface area contributed by atoms with Gasteiger partial charge in [0.1, 0.15) is 0 Å². The summed E-state index contributed by atoms with van der Waals surface area (Å²) in [6, 6.07) is 9.43. The lowest BCUT2D eigenvalue weighted by atomic mass is 10.1. The second-order valence-electron chi connectivity index (χ2n) is 5.69. The van der Waals surface area contributed by atoms with Crippen LogP contribution >= 0.6 is 22.6 Å². The molecule has 0 heterocycles. The molecule has 0 aliphatic rings. The Morgan fingerprint density at radius 3 is 2.41 bits per heavy atom. The fourth-order valence-corrected chi connectivity index (χ4v) is 3.24. The highest BCUT2D eigenvalue weighted by atomic mass is 127. The minimum atomic E-state index is -0.484. The molecule has 0 aromatic heterocycles. The number of hydrogen-bond donors (Lipinski definition) is 1. The number of carbonyl (C=O) groups is 1. The molecule has 0 spiro atoms. The van der Waals surface area contributed by atoms with Crippen LogP contribution in [0.5, 0.6) is 11.5 Å². The van der Waals surface area contributed by atoms with Crippen LogP contribution in [0.25, 0.3) is 0 Å². The number of amides is 1. The lowest BCUT2D eigenvalue weighted by molar-refractivity contribution is -0.384. The van der Waals surface area contributed by atoms with Gasteiger partial charge in [0.05, 0.1) is 29.7 Å². The van der Waals surface area contributed by atoms with E-state index in [0.717, 1.165) is 5.56 Å². The fourth-order valence-electron chi connectivity index (χ4n) is 2.50. The molecule has 0 aliphatic heterocycles. The van der Waals surface area contributed by atoms with Crippen molar-refractivity contribution in [2.24, 2.45) is 0 Å². The highest BCUT2D eigenvalue weighted by Crippen LogP contribution is 2.31. The number of nitro groups is 1. The van der Waals surface area contributed by atoms with Gasteiger partial charge < -0.3 is 14.8 Å². The van der Waals surface area contributed by atoms with Crippen molar-refractivity contribution in [3.8, 4) is 11.5 Å². The van der Waals surface area contributed by atoms with Crippen molar-refractivity contribution in [2.75, 3.05) is 13.2 Å². The predicted octanol–water partition coefficient (Wildman–Crippen LogP) is 4.49. The molecule has 144 valence electrons. The van der Waals surface area contributed by atoms with Crippen LogP contribution in [0, 0.1) is 13.7 Å². The van der Waals surface area contributed by atoms with Crippen molar-refractivity contribution in [2.45, 2.75) is 26.8 Å². The quantitative estimate of drug-likeness (QED) is 0.339. The maximum absolute atomic E-state index is 12.6. The Balaban J connectivity index is 2.18. The van der Waals surface area contributed by atoms with E-state index in [-0.39, 0.29) is 17.6 Å². The Bertz CT molecular complexity index is 841. The van der Waals surface area contributed by atoms with E-state index in [2.05, 4.69) is 5.32 Å². The van der Waals surface area contributed by atoms with Gasteiger partial charge in [0.15, 0.2) is 11.5 Å². The van der Waals surface area contributed by atoms with E-state index in [1.165, 1.54) is 18.2 Å². The van der Waals surface area contributed by atoms with Gasteiger partial charge in [0, 0.05) is 15.7 Å². The molecular formula is C19H21IN2O5. The molecule has 1 N–H and O–H groups in total. The van der Waals surface area contributed by atoms with E-state index in [0.29, 0.717) is 33.8 Å². The van der Waals surface area contributed by atoms with Gasteiger partial charge in [-0.2, -0.15) is 0 Å². The van der Waals surface area contributed by atoms with Crippen LogP contribution in [0.1, 0.15) is 42.7 Å². The molecule has 0 saturated carbocycles.